The van der Waals surface area contributed by atoms with E-state index in [0.29, 0.717) is 18.8 Å². The molecule has 4 nitrogen and oxygen atoms in total. The highest BCUT2D eigenvalue weighted by Crippen LogP contribution is 2.11. The summed E-state index contributed by atoms with van der Waals surface area (Å²) >= 11 is 5.52. The normalized spacial score (nSPS) is 10.5. The maximum absolute atomic E-state index is 11.4. The van der Waals surface area contributed by atoms with Gasteiger partial charge in [0.25, 0.3) is 0 Å². The number of nitrogens with zero attached hydrogens (tertiary/aromatic N) is 2. The lowest BCUT2D eigenvalue weighted by atomic mass is 10.2. The van der Waals surface area contributed by atoms with Crippen LogP contribution in [0.4, 0.5) is 0 Å². The van der Waals surface area contributed by atoms with Crippen LogP contribution >= 0.6 is 11.6 Å². The molecule has 0 aromatic carbocycles. The molecule has 0 unspecified atom stereocenters. The van der Waals surface area contributed by atoms with E-state index in [4.69, 9.17) is 11.6 Å². The smallest absolute Gasteiger partial charge is 0.220 e. The Labute approximate surface area is 101 Å². The minimum Gasteiger partial charge on any atom is -0.352 e. The van der Waals surface area contributed by atoms with Crippen molar-refractivity contribution in [3.05, 3.63) is 17.0 Å². The highest BCUT2D eigenvalue weighted by atomic mass is 35.5. The first-order chi connectivity index (χ1) is 7.56. The number of rotatable bonds is 5. The average Bonchev–Trinajstić information content (AvgIpc) is 2.48. The fourth-order valence-electron chi connectivity index (χ4n) is 1.58. The Bertz CT molecular complexity index is 374. The molecule has 0 spiro atoms. The Balaban J connectivity index is 2.51. The lowest BCUT2D eigenvalue weighted by Crippen LogP contribution is -2.23. The van der Waals surface area contributed by atoms with Crippen molar-refractivity contribution in [2.75, 3.05) is 5.88 Å². The zero-order valence-electron chi connectivity index (χ0n) is 10.0. The molecule has 0 saturated carbocycles. The first kappa shape index (κ1) is 13.0. The van der Waals surface area contributed by atoms with Gasteiger partial charge in [-0.15, -0.1) is 11.6 Å². The number of nitrogens with one attached hydrogen (secondary N) is 1. The van der Waals surface area contributed by atoms with Gasteiger partial charge in [-0.3, -0.25) is 9.48 Å². The molecule has 0 aliphatic heterocycles. The topological polar surface area (TPSA) is 46.9 Å². The largest absolute Gasteiger partial charge is 0.352 e. The zero-order valence-corrected chi connectivity index (χ0v) is 10.8. The summed E-state index contributed by atoms with van der Waals surface area (Å²) in [6, 6.07) is 0. The van der Waals surface area contributed by atoms with Gasteiger partial charge in [-0.05, 0) is 20.3 Å². The Morgan fingerprint density at radius 3 is 2.69 bits per heavy atom. The third-order valence-corrected chi connectivity index (χ3v) is 2.93. The van der Waals surface area contributed by atoms with Crippen molar-refractivity contribution in [3.63, 3.8) is 0 Å². The number of carbonyl (C=O) groups is 1. The molecule has 0 aliphatic carbocycles. The molecule has 0 atom stereocenters. The van der Waals surface area contributed by atoms with E-state index in [1.807, 2.05) is 25.6 Å². The molecule has 1 rings (SSSR count). The second kappa shape index (κ2) is 5.89. The van der Waals surface area contributed by atoms with Gasteiger partial charge in [0.1, 0.15) is 0 Å². The van der Waals surface area contributed by atoms with E-state index >= 15 is 0 Å². The van der Waals surface area contributed by atoms with Crippen molar-refractivity contribution in [1.82, 2.24) is 15.1 Å². The van der Waals surface area contributed by atoms with Crippen LogP contribution in [0.5, 0.6) is 0 Å². The zero-order chi connectivity index (χ0) is 12.1. The molecule has 1 amide bonds. The summed E-state index contributed by atoms with van der Waals surface area (Å²) in [5.41, 5.74) is 3.16. The standard InChI is InChI=1S/C11H18ClN3O/c1-8-10(9(2)15(3)14-8)7-13-11(16)5-4-6-12/h4-7H2,1-3H3,(H,13,16). The summed E-state index contributed by atoms with van der Waals surface area (Å²) < 4.78 is 1.83. The van der Waals surface area contributed by atoms with Crippen LogP contribution in [0.25, 0.3) is 0 Å². The van der Waals surface area contributed by atoms with E-state index in [0.717, 1.165) is 23.4 Å². The number of aryl methyl sites for hydroxylation is 2. The van der Waals surface area contributed by atoms with E-state index in [1.165, 1.54) is 0 Å². The molecule has 1 N–H and O–H groups in total. The third-order valence-electron chi connectivity index (χ3n) is 2.66. The molecular formula is C11H18ClN3O. The summed E-state index contributed by atoms with van der Waals surface area (Å²) in [4.78, 5) is 11.4. The lowest BCUT2D eigenvalue weighted by Gasteiger charge is -2.05. The van der Waals surface area contributed by atoms with Crippen molar-refractivity contribution < 1.29 is 4.79 Å². The highest BCUT2D eigenvalue weighted by molar-refractivity contribution is 6.17. The monoisotopic (exact) mass is 243 g/mol. The van der Waals surface area contributed by atoms with Crippen LogP contribution in [0, 0.1) is 13.8 Å². The van der Waals surface area contributed by atoms with Gasteiger partial charge >= 0.3 is 0 Å². The molecule has 0 fully saturated rings. The molecular weight excluding hydrogens is 226 g/mol. The predicted octanol–water partition coefficient (Wildman–Crippen LogP) is 1.67. The lowest BCUT2D eigenvalue weighted by molar-refractivity contribution is -0.121. The first-order valence-electron chi connectivity index (χ1n) is 5.38. The summed E-state index contributed by atoms with van der Waals surface area (Å²) in [7, 11) is 1.90. The molecule has 16 heavy (non-hydrogen) atoms. The van der Waals surface area contributed by atoms with Crippen molar-refractivity contribution in [1.29, 1.82) is 0 Å². The van der Waals surface area contributed by atoms with Crippen molar-refractivity contribution in [2.45, 2.75) is 33.2 Å². The van der Waals surface area contributed by atoms with Crippen molar-refractivity contribution >= 4 is 17.5 Å². The minimum atomic E-state index is 0.0447. The van der Waals surface area contributed by atoms with Crippen LogP contribution in [0.15, 0.2) is 0 Å². The molecule has 0 bridgehead atoms. The third kappa shape index (κ3) is 3.23. The fourth-order valence-corrected chi connectivity index (χ4v) is 1.71. The van der Waals surface area contributed by atoms with Crippen LogP contribution in [0.3, 0.4) is 0 Å². The summed E-state index contributed by atoms with van der Waals surface area (Å²) in [5, 5.41) is 7.17. The number of aromatic nitrogens is 2. The Kier molecular flexibility index (Phi) is 4.80. The molecule has 0 radical (unpaired) electrons. The number of halogens is 1. The van der Waals surface area contributed by atoms with Gasteiger partial charge in [0.2, 0.25) is 5.91 Å². The van der Waals surface area contributed by atoms with Crippen molar-refractivity contribution in [3.8, 4) is 0 Å². The molecule has 0 aliphatic rings. The number of carbonyl (C=O) groups excluding carboxylic acids is 1. The van der Waals surface area contributed by atoms with E-state index in [9.17, 15) is 4.79 Å². The Morgan fingerprint density at radius 2 is 2.19 bits per heavy atom. The molecule has 1 aromatic heterocycles. The molecule has 5 heteroatoms. The van der Waals surface area contributed by atoms with Gasteiger partial charge in [0.05, 0.1) is 5.69 Å². The van der Waals surface area contributed by atoms with E-state index in [1.54, 1.807) is 0 Å². The Hall–Kier alpha value is -1.03. The molecule has 1 aromatic rings. The molecule has 1 heterocycles. The van der Waals surface area contributed by atoms with Crippen LogP contribution in [-0.4, -0.2) is 21.6 Å². The second-order valence-corrected chi connectivity index (χ2v) is 4.22. The van der Waals surface area contributed by atoms with Crippen molar-refractivity contribution in [2.24, 2.45) is 7.05 Å². The van der Waals surface area contributed by atoms with Crippen LogP contribution in [-0.2, 0) is 18.4 Å². The number of hydrogen-bond acceptors (Lipinski definition) is 2. The highest BCUT2D eigenvalue weighted by Gasteiger charge is 2.10. The molecule has 0 saturated heterocycles. The Morgan fingerprint density at radius 1 is 1.50 bits per heavy atom. The maximum Gasteiger partial charge on any atom is 0.220 e. The summed E-state index contributed by atoms with van der Waals surface area (Å²) in [6.45, 7) is 4.50. The number of hydrogen-bond donors (Lipinski definition) is 1. The second-order valence-electron chi connectivity index (χ2n) is 3.84. The molecule has 90 valence electrons. The summed E-state index contributed by atoms with van der Waals surface area (Å²) in [6.07, 6.45) is 1.21. The maximum atomic E-state index is 11.4. The quantitative estimate of drug-likeness (QED) is 0.800. The van der Waals surface area contributed by atoms with Gasteiger partial charge in [-0.1, -0.05) is 0 Å². The average molecular weight is 244 g/mol. The van der Waals surface area contributed by atoms with Gasteiger partial charge < -0.3 is 5.32 Å². The van der Waals surface area contributed by atoms with Gasteiger partial charge in [0, 0.05) is 37.2 Å². The SMILES string of the molecule is Cc1nn(C)c(C)c1CNC(=O)CCCCl. The summed E-state index contributed by atoms with van der Waals surface area (Å²) in [5.74, 6) is 0.571. The van der Waals surface area contributed by atoms with Crippen LogP contribution in [0.1, 0.15) is 29.8 Å². The van der Waals surface area contributed by atoms with Gasteiger partial charge in [0.15, 0.2) is 0 Å². The van der Waals surface area contributed by atoms with Crippen LogP contribution in [0.2, 0.25) is 0 Å². The van der Waals surface area contributed by atoms with E-state index in [-0.39, 0.29) is 5.91 Å². The first-order valence-corrected chi connectivity index (χ1v) is 5.91. The van der Waals surface area contributed by atoms with E-state index < -0.39 is 0 Å². The minimum absolute atomic E-state index is 0.0447. The van der Waals surface area contributed by atoms with Gasteiger partial charge in [-0.2, -0.15) is 5.10 Å². The fraction of sp³-hybridized carbons (Fsp3) is 0.636. The van der Waals surface area contributed by atoms with Crippen LogP contribution < -0.4 is 5.32 Å². The van der Waals surface area contributed by atoms with E-state index in [2.05, 4.69) is 10.4 Å². The predicted molar refractivity (Wildman–Crippen MR) is 64.5 cm³/mol. The van der Waals surface area contributed by atoms with Gasteiger partial charge in [-0.25, -0.2) is 0 Å². The number of alkyl halides is 1. The number of amides is 1.